The fourth-order valence-corrected chi connectivity index (χ4v) is 1.70. The maximum atomic E-state index is 11.9. The minimum absolute atomic E-state index is 0.0136. The van der Waals surface area contributed by atoms with Crippen molar-refractivity contribution < 1.29 is 4.79 Å². The summed E-state index contributed by atoms with van der Waals surface area (Å²) in [7, 11) is 1.77. The van der Waals surface area contributed by atoms with Crippen LogP contribution in [0.1, 0.15) is 32.4 Å². The molecule has 3 N–H and O–H groups in total. The van der Waals surface area contributed by atoms with Crippen LogP contribution in [-0.2, 0) is 11.8 Å². The third kappa shape index (κ3) is 2.35. The van der Waals surface area contributed by atoms with E-state index in [0.717, 1.165) is 18.5 Å². The van der Waals surface area contributed by atoms with Crippen molar-refractivity contribution in [1.29, 1.82) is 0 Å². The fourth-order valence-electron chi connectivity index (χ4n) is 1.70. The Bertz CT molecular complexity index is 380. The first kappa shape index (κ1) is 12.5. The van der Waals surface area contributed by atoms with Crippen LogP contribution in [0.4, 0.5) is 11.5 Å². The van der Waals surface area contributed by atoms with Crippen LogP contribution in [0, 0.1) is 12.8 Å². The third-order valence-corrected chi connectivity index (χ3v) is 2.87. The van der Waals surface area contributed by atoms with Gasteiger partial charge in [-0.2, -0.15) is 5.10 Å². The van der Waals surface area contributed by atoms with Gasteiger partial charge in [-0.3, -0.25) is 9.48 Å². The molecule has 0 fully saturated rings. The Balaban J connectivity index is 2.84. The van der Waals surface area contributed by atoms with Gasteiger partial charge >= 0.3 is 0 Å². The van der Waals surface area contributed by atoms with Crippen LogP contribution in [0.15, 0.2) is 0 Å². The molecule has 16 heavy (non-hydrogen) atoms. The predicted molar refractivity (Wildman–Crippen MR) is 65.1 cm³/mol. The number of anilines is 2. The number of amides is 1. The van der Waals surface area contributed by atoms with Gasteiger partial charge in [0.15, 0.2) is 5.82 Å². The van der Waals surface area contributed by atoms with E-state index in [1.165, 1.54) is 0 Å². The lowest BCUT2D eigenvalue weighted by Crippen LogP contribution is -2.23. The zero-order chi connectivity index (χ0) is 12.3. The molecule has 1 heterocycles. The summed E-state index contributed by atoms with van der Waals surface area (Å²) in [6.07, 6.45) is 1.66. The van der Waals surface area contributed by atoms with Gasteiger partial charge in [0.25, 0.3) is 0 Å². The van der Waals surface area contributed by atoms with Gasteiger partial charge in [0.2, 0.25) is 5.91 Å². The summed E-state index contributed by atoms with van der Waals surface area (Å²) in [5, 5.41) is 6.99. The van der Waals surface area contributed by atoms with Gasteiger partial charge in [-0.15, -0.1) is 0 Å². The molecule has 1 rings (SSSR count). The number of hydrogen-bond acceptors (Lipinski definition) is 3. The monoisotopic (exact) mass is 224 g/mol. The number of nitrogens with one attached hydrogen (secondary N) is 1. The van der Waals surface area contributed by atoms with Crippen LogP contribution < -0.4 is 11.1 Å². The Kier molecular flexibility index (Phi) is 3.93. The van der Waals surface area contributed by atoms with Crippen molar-refractivity contribution >= 4 is 17.4 Å². The zero-order valence-corrected chi connectivity index (χ0v) is 10.4. The lowest BCUT2D eigenvalue weighted by Gasteiger charge is -2.13. The maximum absolute atomic E-state index is 11.9. The van der Waals surface area contributed by atoms with Crippen molar-refractivity contribution in [1.82, 2.24) is 9.78 Å². The van der Waals surface area contributed by atoms with Crippen LogP contribution in [0.3, 0.4) is 0 Å². The molecule has 0 saturated carbocycles. The topological polar surface area (TPSA) is 72.9 Å². The molecule has 5 heteroatoms. The molecule has 0 aliphatic rings. The van der Waals surface area contributed by atoms with Gasteiger partial charge in [-0.25, -0.2) is 0 Å². The highest BCUT2D eigenvalue weighted by molar-refractivity contribution is 5.94. The second-order valence-electron chi connectivity index (χ2n) is 3.97. The van der Waals surface area contributed by atoms with Gasteiger partial charge in [0.05, 0.1) is 11.4 Å². The molecule has 0 aliphatic heterocycles. The molecule has 0 saturated heterocycles. The molecule has 90 valence electrons. The number of rotatable bonds is 4. The minimum Gasteiger partial charge on any atom is -0.394 e. The molecule has 0 aromatic carbocycles. The molecule has 0 radical (unpaired) electrons. The predicted octanol–water partition coefficient (Wildman–Crippen LogP) is 1.69. The lowest BCUT2D eigenvalue weighted by molar-refractivity contribution is -0.120. The molecule has 0 spiro atoms. The molecular weight excluding hydrogens is 204 g/mol. The largest absolute Gasteiger partial charge is 0.394 e. The number of nitrogens with zero attached hydrogens (tertiary/aromatic N) is 2. The average Bonchev–Trinajstić information content (AvgIpc) is 2.47. The minimum atomic E-state index is 0.0136. The van der Waals surface area contributed by atoms with Gasteiger partial charge < -0.3 is 11.1 Å². The van der Waals surface area contributed by atoms with Crippen molar-refractivity contribution in [3.63, 3.8) is 0 Å². The van der Waals surface area contributed by atoms with E-state index in [2.05, 4.69) is 10.4 Å². The van der Waals surface area contributed by atoms with Crippen LogP contribution in [0.2, 0.25) is 0 Å². The average molecular weight is 224 g/mol. The summed E-state index contributed by atoms with van der Waals surface area (Å²) >= 11 is 0. The SMILES string of the molecule is CCC(CC)C(=O)Nc1c(N)c(C)nn1C. The maximum Gasteiger partial charge on any atom is 0.228 e. The van der Waals surface area contributed by atoms with E-state index in [-0.39, 0.29) is 11.8 Å². The van der Waals surface area contributed by atoms with E-state index < -0.39 is 0 Å². The second kappa shape index (κ2) is 5.01. The Morgan fingerprint density at radius 2 is 2.06 bits per heavy atom. The first-order valence-electron chi connectivity index (χ1n) is 5.61. The Morgan fingerprint density at radius 1 is 1.50 bits per heavy atom. The molecule has 0 atom stereocenters. The van der Waals surface area contributed by atoms with E-state index in [0.29, 0.717) is 11.5 Å². The Labute approximate surface area is 96.0 Å². The number of aryl methyl sites for hydroxylation is 2. The standard InChI is InChI=1S/C11H20N4O/c1-5-8(6-2)11(16)13-10-9(12)7(3)14-15(10)4/h8H,5-6,12H2,1-4H3,(H,13,16). The van der Waals surface area contributed by atoms with Crippen LogP contribution >= 0.6 is 0 Å². The van der Waals surface area contributed by atoms with E-state index in [4.69, 9.17) is 5.73 Å². The summed E-state index contributed by atoms with van der Waals surface area (Å²) in [5.41, 5.74) is 7.12. The summed E-state index contributed by atoms with van der Waals surface area (Å²) in [6.45, 7) is 5.83. The molecule has 0 unspecified atom stereocenters. The number of nitrogen functional groups attached to an aromatic ring is 1. The Morgan fingerprint density at radius 3 is 2.44 bits per heavy atom. The van der Waals surface area contributed by atoms with Crippen molar-refractivity contribution in [3.05, 3.63) is 5.69 Å². The zero-order valence-electron chi connectivity index (χ0n) is 10.4. The van der Waals surface area contributed by atoms with E-state index in [1.807, 2.05) is 20.8 Å². The molecule has 1 amide bonds. The Hall–Kier alpha value is -1.52. The third-order valence-electron chi connectivity index (χ3n) is 2.87. The van der Waals surface area contributed by atoms with Crippen molar-refractivity contribution in [2.75, 3.05) is 11.1 Å². The summed E-state index contributed by atoms with van der Waals surface area (Å²) in [4.78, 5) is 11.9. The number of nitrogens with two attached hydrogens (primary N) is 1. The normalized spacial score (nSPS) is 10.8. The molecular formula is C11H20N4O. The van der Waals surface area contributed by atoms with Gasteiger partial charge in [0.1, 0.15) is 0 Å². The van der Waals surface area contributed by atoms with Gasteiger partial charge in [0, 0.05) is 13.0 Å². The van der Waals surface area contributed by atoms with Gasteiger partial charge in [-0.1, -0.05) is 13.8 Å². The van der Waals surface area contributed by atoms with Crippen LogP contribution in [0.25, 0.3) is 0 Å². The number of carbonyl (C=O) groups excluding carboxylic acids is 1. The van der Waals surface area contributed by atoms with Crippen LogP contribution in [0.5, 0.6) is 0 Å². The van der Waals surface area contributed by atoms with Crippen LogP contribution in [-0.4, -0.2) is 15.7 Å². The van der Waals surface area contributed by atoms with E-state index in [9.17, 15) is 4.79 Å². The number of aromatic nitrogens is 2. The highest BCUT2D eigenvalue weighted by atomic mass is 16.2. The number of hydrogen-bond donors (Lipinski definition) is 2. The number of carbonyl (C=O) groups is 1. The first-order chi connectivity index (χ1) is 7.51. The smallest absolute Gasteiger partial charge is 0.228 e. The molecule has 1 aromatic heterocycles. The van der Waals surface area contributed by atoms with E-state index >= 15 is 0 Å². The highest BCUT2D eigenvalue weighted by Gasteiger charge is 2.18. The van der Waals surface area contributed by atoms with Gasteiger partial charge in [-0.05, 0) is 19.8 Å². The fraction of sp³-hybridized carbons (Fsp3) is 0.636. The summed E-state index contributed by atoms with van der Waals surface area (Å²) in [5.74, 6) is 0.642. The quantitative estimate of drug-likeness (QED) is 0.817. The molecule has 5 nitrogen and oxygen atoms in total. The van der Waals surface area contributed by atoms with Crippen molar-refractivity contribution in [3.8, 4) is 0 Å². The van der Waals surface area contributed by atoms with Crippen molar-refractivity contribution in [2.24, 2.45) is 13.0 Å². The molecule has 0 bridgehead atoms. The molecule has 1 aromatic rings. The summed E-state index contributed by atoms with van der Waals surface area (Å²) in [6, 6.07) is 0. The second-order valence-corrected chi connectivity index (χ2v) is 3.97. The first-order valence-corrected chi connectivity index (χ1v) is 5.61. The molecule has 0 aliphatic carbocycles. The summed E-state index contributed by atoms with van der Waals surface area (Å²) < 4.78 is 1.60. The lowest BCUT2D eigenvalue weighted by atomic mass is 10.0. The van der Waals surface area contributed by atoms with E-state index in [1.54, 1.807) is 11.7 Å². The highest BCUT2D eigenvalue weighted by Crippen LogP contribution is 2.22. The van der Waals surface area contributed by atoms with Crippen molar-refractivity contribution in [2.45, 2.75) is 33.6 Å².